The van der Waals surface area contributed by atoms with E-state index in [1.807, 2.05) is 0 Å². The highest BCUT2D eigenvalue weighted by Crippen LogP contribution is 2.25. The van der Waals surface area contributed by atoms with Crippen molar-refractivity contribution in [3.63, 3.8) is 0 Å². The van der Waals surface area contributed by atoms with Gasteiger partial charge in [-0.25, -0.2) is 0 Å². The number of nitrogens with one attached hydrogen (secondary N) is 1. The topological polar surface area (TPSA) is 81.7 Å². The van der Waals surface area contributed by atoms with Gasteiger partial charge in [0.1, 0.15) is 12.3 Å². The van der Waals surface area contributed by atoms with Gasteiger partial charge in [-0.15, -0.1) is 0 Å². The third-order valence-corrected chi connectivity index (χ3v) is 4.43. The Balaban J connectivity index is 1.82. The number of ether oxygens (including phenoxy) is 2. The predicted octanol–water partition coefficient (Wildman–Crippen LogP) is 3.38. The molecule has 0 fully saturated rings. The third kappa shape index (κ3) is 5.67. The van der Waals surface area contributed by atoms with Crippen LogP contribution >= 0.6 is 31.9 Å². The van der Waals surface area contributed by atoms with E-state index in [1.165, 1.54) is 7.11 Å². The van der Waals surface area contributed by atoms with Gasteiger partial charge in [0.25, 0.3) is 5.91 Å². The Morgan fingerprint density at radius 1 is 1.04 bits per heavy atom. The van der Waals surface area contributed by atoms with Gasteiger partial charge < -0.3 is 14.8 Å². The summed E-state index contributed by atoms with van der Waals surface area (Å²) in [6, 6.07) is 11.6. The molecule has 0 aliphatic carbocycles. The molecule has 0 atom stereocenters. The summed E-state index contributed by atoms with van der Waals surface area (Å²) in [6.07, 6.45) is 0. The van der Waals surface area contributed by atoms with Gasteiger partial charge in [0, 0.05) is 15.6 Å². The monoisotopic (exact) mass is 483 g/mol. The third-order valence-electron chi connectivity index (χ3n) is 3.32. The SMILES string of the molecule is COc1ccc(C(=O)COC(=O)CNC(=O)c2cccc(Br)c2)cc1Br. The Morgan fingerprint density at radius 2 is 1.81 bits per heavy atom. The number of esters is 1. The van der Waals surface area contributed by atoms with Crippen LogP contribution in [0.25, 0.3) is 0 Å². The second-order valence-electron chi connectivity index (χ2n) is 5.13. The fourth-order valence-corrected chi connectivity index (χ4v) is 2.94. The molecule has 0 aliphatic rings. The van der Waals surface area contributed by atoms with Crippen molar-refractivity contribution >= 4 is 49.5 Å². The van der Waals surface area contributed by atoms with E-state index in [0.717, 1.165) is 4.47 Å². The van der Waals surface area contributed by atoms with Gasteiger partial charge in [0.05, 0.1) is 11.6 Å². The van der Waals surface area contributed by atoms with Gasteiger partial charge in [0.15, 0.2) is 12.4 Å². The van der Waals surface area contributed by atoms with Crippen LogP contribution in [0.4, 0.5) is 0 Å². The summed E-state index contributed by atoms with van der Waals surface area (Å²) >= 11 is 6.56. The Bertz CT molecular complexity index is 838. The molecule has 0 heterocycles. The molecule has 0 saturated heterocycles. The van der Waals surface area contributed by atoms with Crippen LogP contribution in [0.2, 0.25) is 0 Å². The summed E-state index contributed by atoms with van der Waals surface area (Å²) in [6.45, 7) is -0.741. The molecule has 2 aromatic rings. The number of hydrogen-bond donors (Lipinski definition) is 1. The maximum atomic E-state index is 12.1. The van der Waals surface area contributed by atoms with E-state index in [0.29, 0.717) is 21.3 Å². The Kier molecular flexibility index (Phi) is 7.35. The fraction of sp³-hybridized carbons (Fsp3) is 0.167. The quantitative estimate of drug-likeness (QED) is 0.481. The van der Waals surface area contributed by atoms with Crippen LogP contribution in [-0.2, 0) is 9.53 Å². The van der Waals surface area contributed by atoms with Crippen molar-refractivity contribution in [1.82, 2.24) is 5.32 Å². The molecule has 136 valence electrons. The van der Waals surface area contributed by atoms with E-state index in [4.69, 9.17) is 9.47 Å². The largest absolute Gasteiger partial charge is 0.496 e. The molecule has 1 N–H and O–H groups in total. The Hall–Kier alpha value is -2.19. The van der Waals surface area contributed by atoms with Gasteiger partial charge in [0.2, 0.25) is 0 Å². The highest BCUT2D eigenvalue weighted by Gasteiger charge is 2.13. The summed E-state index contributed by atoms with van der Waals surface area (Å²) in [5, 5.41) is 2.44. The number of hydrogen-bond acceptors (Lipinski definition) is 5. The minimum absolute atomic E-state index is 0.328. The van der Waals surface area contributed by atoms with E-state index in [9.17, 15) is 14.4 Å². The van der Waals surface area contributed by atoms with E-state index in [-0.39, 0.29) is 12.3 Å². The summed E-state index contributed by atoms with van der Waals surface area (Å²) in [4.78, 5) is 35.7. The molecule has 0 aliphatic heterocycles. The van der Waals surface area contributed by atoms with Crippen molar-refractivity contribution in [2.24, 2.45) is 0 Å². The lowest BCUT2D eigenvalue weighted by atomic mass is 10.1. The van der Waals surface area contributed by atoms with Crippen LogP contribution in [-0.4, -0.2) is 37.9 Å². The van der Waals surface area contributed by atoms with Crippen LogP contribution in [0.1, 0.15) is 20.7 Å². The first-order valence-electron chi connectivity index (χ1n) is 7.47. The normalized spacial score (nSPS) is 10.1. The average molecular weight is 485 g/mol. The second-order valence-corrected chi connectivity index (χ2v) is 6.90. The molecule has 2 aromatic carbocycles. The number of amides is 1. The number of ketones is 1. The molecule has 6 nitrogen and oxygen atoms in total. The molecular weight excluding hydrogens is 470 g/mol. The van der Waals surface area contributed by atoms with Crippen molar-refractivity contribution in [3.05, 3.63) is 62.5 Å². The van der Waals surface area contributed by atoms with E-state index in [2.05, 4.69) is 37.2 Å². The van der Waals surface area contributed by atoms with Crippen LogP contribution in [0.5, 0.6) is 5.75 Å². The first-order chi connectivity index (χ1) is 12.4. The van der Waals surface area contributed by atoms with E-state index in [1.54, 1.807) is 42.5 Å². The zero-order valence-corrected chi connectivity index (χ0v) is 16.9. The van der Waals surface area contributed by atoms with Crippen LogP contribution in [0, 0.1) is 0 Å². The van der Waals surface area contributed by atoms with Gasteiger partial charge >= 0.3 is 5.97 Å². The van der Waals surface area contributed by atoms with Gasteiger partial charge in [-0.3, -0.25) is 14.4 Å². The summed E-state index contributed by atoms with van der Waals surface area (Å²) in [7, 11) is 1.52. The zero-order chi connectivity index (χ0) is 19.1. The maximum absolute atomic E-state index is 12.1. The van der Waals surface area contributed by atoms with Crippen LogP contribution < -0.4 is 10.1 Å². The molecule has 8 heteroatoms. The van der Waals surface area contributed by atoms with Crippen molar-refractivity contribution in [1.29, 1.82) is 0 Å². The van der Waals surface area contributed by atoms with E-state index >= 15 is 0 Å². The molecular formula is C18H15Br2NO5. The van der Waals surface area contributed by atoms with Gasteiger partial charge in [-0.2, -0.15) is 0 Å². The molecule has 0 saturated carbocycles. The highest BCUT2D eigenvalue weighted by atomic mass is 79.9. The van der Waals surface area contributed by atoms with Crippen molar-refractivity contribution in [3.8, 4) is 5.75 Å². The lowest BCUT2D eigenvalue weighted by Crippen LogP contribution is -2.31. The van der Waals surface area contributed by atoms with Crippen molar-refractivity contribution in [2.45, 2.75) is 0 Å². The molecule has 1 amide bonds. The molecule has 0 aromatic heterocycles. The van der Waals surface area contributed by atoms with Crippen LogP contribution in [0.15, 0.2) is 51.4 Å². The second kappa shape index (κ2) is 9.49. The summed E-state index contributed by atoms with van der Waals surface area (Å²) < 4.78 is 11.4. The number of halogens is 2. The van der Waals surface area contributed by atoms with Gasteiger partial charge in [-0.05, 0) is 52.3 Å². The predicted molar refractivity (Wildman–Crippen MR) is 102 cm³/mol. The zero-order valence-electron chi connectivity index (χ0n) is 13.8. The molecule has 0 unspecified atom stereocenters. The average Bonchev–Trinajstić information content (AvgIpc) is 2.64. The standard InChI is InChI=1S/C18H15Br2NO5/c1-25-16-6-5-11(8-14(16)20)15(22)10-26-17(23)9-21-18(24)12-3-2-4-13(19)7-12/h2-8H,9-10H2,1H3,(H,21,24). The van der Waals surface area contributed by atoms with Gasteiger partial charge in [-0.1, -0.05) is 22.0 Å². The minimum atomic E-state index is -0.700. The lowest BCUT2D eigenvalue weighted by molar-refractivity contribution is -0.141. The Morgan fingerprint density at radius 3 is 2.46 bits per heavy atom. The summed E-state index contributed by atoms with van der Waals surface area (Å²) in [5.74, 6) is -0.878. The minimum Gasteiger partial charge on any atom is -0.496 e. The molecule has 0 radical (unpaired) electrons. The fourth-order valence-electron chi connectivity index (χ4n) is 2.00. The number of methoxy groups -OCH3 is 1. The lowest BCUT2D eigenvalue weighted by Gasteiger charge is -2.08. The Labute approximate surface area is 167 Å². The summed E-state index contributed by atoms with van der Waals surface area (Å²) in [5.41, 5.74) is 0.787. The van der Waals surface area contributed by atoms with E-state index < -0.39 is 18.5 Å². The maximum Gasteiger partial charge on any atom is 0.325 e. The highest BCUT2D eigenvalue weighted by molar-refractivity contribution is 9.10. The number of Topliss-reactive ketones (excluding diaryl/α,β-unsaturated/α-hetero) is 1. The smallest absolute Gasteiger partial charge is 0.325 e. The number of rotatable bonds is 7. The van der Waals surface area contributed by atoms with Crippen LogP contribution in [0.3, 0.4) is 0 Å². The number of carbonyl (C=O) groups is 3. The molecule has 2 rings (SSSR count). The molecule has 0 spiro atoms. The molecule has 26 heavy (non-hydrogen) atoms. The van der Waals surface area contributed by atoms with Crippen molar-refractivity contribution < 1.29 is 23.9 Å². The van der Waals surface area contributed by atoms with Crippen molar-refractivity contribution in [2.75, 3.05) is 20.3 Å². The molecule has 0 bridgehead atoms. The number of benzene rings is 2. The number of carbonyl (C=O) groups excluding carboxylic acids is 3. The first kappa shape index (κ1) is 20.1. The first-order valence-corrected chi connectivity index (χ1v) is 9.05.